The summed E-state index contributed by atoms with van der Waals surface area (Å²) in [6, 6.07) is 0.777. The van der Waals surface area contributed by atoms with E-state index in [9.17, 15) is 28.5 Å². The van der Waals surface area contributed by atoms with Gasteiger partial charge in [-0.1, -0.05) is 0 Å². The Hall–Kier alpha value is -2.10. The highest BCUT2D eigenvalue weighted by atomic mass is 79.9. The van der Waals surface area contributed by atoms with Crippen molar-refractivity contribution in [1.29, 1.82) is 0 Å². The molecule has 0 amide bonds. The lowest BCUT2D eigenvalue weighted by Gasteiger charge is -2.10. The van der Waals surface area contributed by atoms with E-state index < -0.39 is 44.4 Å². The van der Waals surface area contributed by atoms with E-state index in [2.05, 4.69) is 20.7 Å². The molecule has 1 unspecified atom stereocenters. The molecule has 7 nitrogen and oxygen atoms in total. The summed E-state index contributed by atoms with van der Waals surface area (Å²) in [7, 11) is 1.12. The molecule has 0 fully saturated rings. The molecule has 1 atom stereocenters. The predicted octanol–water partition coefficient (Wildman–Crippen LogP) is 2.59. The number of hydrogen-bond donors (Lipinski definition) is 0. The summed E-state index contributed by atoms with van der Waals surface area (Å²) < 4.78 is 36.4. The number of benzene rings is 1. The number of nitrogens with zero attached hydrogens (tertiary/aromatic N) is 1. The molecular formula is C12H10BrF2NO6. The lowest BCUT2D eigenvalue weighted by Crippen LogP contribution is -2.28. The molecule has 0 N–H and O–H groups in total. The van der Waals surface area contributed by atoms with Gasteiger partial charge in [0.15, 0.2) is 0 Å². The van der Waals surface area contributed by atoms with Crippen molar-refractivity contribution in [3.05, 3.63) is 32.0 Å². The van der Waals surface area contributed by atoms with Gasteiger partial charge in [-0.15, -0.1) is 0 Å². The lowest BCUT2D eigenvalue weighted by molar-refractivity contribution is -0.387. The molecule has 0 bridgehead atoms. The summed E-state index contributed by atoms with van der Waals surface area (Å²) in [6.45, 7) is 1.20. The van der Waals surface area contributed by atoms with E-state index in [1.165, 1.54) is 6.92 Å². The molecule has 22 heavy (non-hydrogen) atoms. The molecule has 0 aliphatic heterocycles. The standard InChI is InChI=1S/C12H10BrF2NO6/c1-3-22-12(18)9(15)11(17)5-4-6(21-2)7(13)8(14)10(5)16(19)20/h4,9H,3H2,1-2H3. The van der Waals surface area contributed by atoms with Gasteiger partial charge in [0.05, 0.1) is 18.6 Å². The first kappa shape index (κ1) is 18.0. The van der Waals surface area contributed by atoms with Gasteiger partial charge >= 0.3 is 11.7 Å². The van der Waals surface area contributed by atoms with E-state index in [4.69, 9.17) is 4.74 Å². The zero-order chi connectivity index (χ0) is 17.0. The Bertz CT molecular complexity index is 637. The molecular weight excluding hydrogens is 372 g/mol. The number of nitro benzene ring substituents is 1. The van der Waals surface area contributed by atoms with Gasteiger partial charge in [0, 0.05) is 0 Å². The minimum Gasteiger partial charge on any atom is -0.495 e. The third-order valence-corrected chi connectivity index (χ3v) is 3.28. The molecule has 1 aromatic carbocycles. The third kappa shape index (κ3) is 3.38. The Morgan fingerprint density at radius 1 is 1.50 bits per heavy atom. The van der Waals surface area contributed by atoms with Crippen LogP contribution in [0, 0.1) is 15.9 Å². The van der Waals surface area contributed by atoms with Gasteiger partial charge in [0.2, 0.25) is 11.6 Å². The van der Waals surface area contributed by atoms with E-state index in [1.54, 1.807) is 0 Å². The van der Waals surface area contributed by atoms with Crippen LogP contribution in [-0.4, -0.2) is 36.6 Å². The number of hydrogen-bond acceptors (Lipinski definition) is 6. The minimum absolute atomic E-state index is 0.188. The first-order chi connectivity index (χ1) is 10.3. The molecule has 0 spiro atoms. The molecule has 0 aliphatic carbocycles. The number of esters is 1. The molecule has 0 aliphatic rings. The second-order valence-corrected chi connectivity index (χ2v) is 4.63. The number of carbonyl (C=O) groups excluding carboxylic acids is 2. The van der Waals surface area contributed by atoms with E-state index in [1.807, 2.05) is 0 Å². The number of Topliss-reactive ketones (excluding diaryl/α,β-unsaturated/α-hetero) is 1. The molecule has 0 radical (unpaired) electrons. The third-order valence-electron chi connectivity index (χ3n) is 2.54. The molecule has 0 aromatic heterocycles. The maximum absolute atomic E-state index is 14.0. The van der Waals surface area contributed by atoms with Gasteiger partial charge in [-0.2, -0.15) is 4.39 Å². The Labute approximate surface area is 131 Å². The summed E-state index contributed by atoms with van der Waals surface area (Å²) in [4.78, 5) is 32.9. The SMILES string of the molecule is CCOC(=O)C(F)C(=O)c1cc(OC)c(Br)c(F)c1[N+](=O)[O-]. The van der Waals surface area contributed by atoms with Crippen LogP contribution in [0.25, 0.3) is 0 Å². The van der Waals surface area contributed by atoms with Gasteiger partial charge < -0.3 is 9.47 Å². The van der Waals surface area contributed by atoms with Crippen molar-refractivity contribution in [2.24, 2.45) is 0 Å². The Morgan fingerprint density at radius 2 is 2.09 bits per heavy atom. The summed E-state index contributed by atoms with van der Waals surface area (Å²) in [5, 5.41) is 10.9. The van der Waals surface area contributed by atoms with Crippen LogP contribution in [0.1, 0.15) is 17.3 Å². The van der Waals surface area contributed by atoms with Crippen molar-refractivity contribution in [1.82, 2.24) is 0 Å². The number of nitro groups is 1. The smallest absolute Gasteiger partial charge is 0.349 e. The second kappa shape index (κ2) is 7.25. The summed E-state index contributed by atoms with van der Waals surface area (Å²) in [6.07, 6.45) is -2.80. The molecule has 10 heteroatoms. The van der Waals surface area contributed by atoms with Crippen molar-refractivity contribution < 1.29 is 32.8 Å². The lowest BCUT2D eigenvalue weighted by atomic mass is 10.0. The number of methoxy groups -OCH3 is 1. The van der Waals surface area contributed by atoms with E-state index in [0.717, 1.165) is 13.2 Å². The molecule has 120 valence electrons. The van der Waals surface area contributed by atoms with Crippen LogP contribution in [0.4, 0.5) is 14.5 Å². The Balaban J connectivity index is 3.45. The number of ether oxygens (including phenoxy) is 2. The van der Waals surface area contributed by atoms with Crippen LogP contribution in [0.3, 0.4) is 0 Å². The van der Waals surface area contributed by atoms with Gasteiger partial charge in [-0.25, -0.2) is 9.18 Å². The maximum Gasteiger partial charge on any atom is 0.349 e. The van der Waals surface area contributed by atoms with Crippen molar-refractivity contribution >= 4 is 33.4 Å². The van der Waals surface area contributed by atoms with E-state index in [-0.39, 0.29) is 12.4 Å². The van der Waals surface area contributed by atoms with E-state index >= 15 is 0 Å². The minimum atomic E-state index is -2.80. The van der Waals surface area contributed by atoms with Gasteiger partial charge in [-0.05, 0) is 28.9 Å². The fourth-order valence-corrected chi connectivity index (χ4v) is 2.03. The van der Waals surface area contributed by atoms with Crippen LogP contribution in [0.2, 0.25) is 0 Å². The first-order valence-corrected chi connectivity index (χ1v) is 6.60. The van der Waals surface area contributed by atoms with Crippen molar-refractivity contribution in [2.75, 3.05) is 13.7 Å². The second-order valence-electron chi connectivity index (χ2n) is 3.84. The number of halogens is 3. The molecule has 0 heterocycles. The summed E-state index contributed by atoms with van der Waals surface area (Å²) in [5.41, 5.74) is -2.19. The maximum atomic E-state index is 14.0. The fraction of sp³-hybridized carbons (Fsp3) is 0.333. The predicted molar refractivity (Wildman–Crippen MR) is 73.2 cm³/mol. The van der Waals surface area contributed by atoms with E-state index in [0.29, 0.717) is 0 Å². The van der Waals surface area contributed by atoms with Crippen molar-refractivity contribution in [3.8, 4) is 5.75 Å². The van der Waals surface area contributed by atoms with Crippen LogP contribution in [-0.2, 0) is 9.53 Å². The van der Waals surface area contributed by atoms with Crippen molar-refractivity contribution in [2.45, 2.75) is 13.1 Å². The average Bonchev–Trinajstić information content (AvgIpc) is 2.47. The number of rotatable bonds is 6. The summed E-state index contributed by atoms with van der Waals surface area (Å²) >= 11 is 2.73. The Morgan fingerprint density at radius 3 is 2.55 bits per heavy atom. The van der Waals surface area contributed by atoms with Gasteiger partial charge in [0.25, 0.3) is 6.17 Å². The normalized spacial score (nSPS) is 11.7. The largest absolute Gasteiger partial charge is 0.495 e. The molecule has 0 saturated heterocycles. The van der Waals surface area contributed by atoms with Crippen molar-refractivity contribution in [3.63, 3.8) is 0 Å². The van der Waals surface area contributed by atoms with Crippen LogP contribution >= 0.6 is 15.9 Å². The van der Waals surface area contributed by atoms with Gasteiger partial charge in [0.1, 0.15) is 15.8 Å². The molecule has 1 aromatic rings. The quantitative estimate of drug-likeness (QED) is 0.247. The highest BCUT2D eigenvalue weighted by molar-refractivity contribution is 9.10. The fourth-order valence-electron chi connectivity index (χ4n) is 1.57. The zero-order valence-corrected chi connectivity index (χ0v) is 13.0. The first-order valence-electron chi connectivity index (χ1n) is 5.81. The molecule has 0 saturated carbocycles. The monoisotopic (exact) mass is 381 g/mol. The average molecular weight is 382 g/mol. The number of ketones is 1. The van der Waals surface area contributed by atoms with Crippen LogP contribution in [0.5, 0.6) is 5.75 Å². The van der Waals surface area contributed by atoms with Gasteiger partial charge in [-0.3, -0.25) is 14.9 Å². The highest BCUT2D eigenvalue weighted by Crippen LogP contribution is 2.37. The summed E-state index contributed by atoms with van der Waals surface area (Å²) in [5.74, 6) is -4.77. The van der Waals surface area contributed by atoms with Crippen LogP contribution in [0.15, 0.2) is 10.5 Å². The number of alkyl halides is 1. The highest BCUT2D eigenvalue weighted by Gasteiger charge is 2.37. The molecule has 1 rings (SSSR count). The van der Waals surface area contributed by atoms with Crippen LogP contribution < -0.4 is 4.74 Å². The topological polar surface area (TPSA) is 95.7 Å². The zero-order valence-electron chi connectivity index (χ0n) is 11.4. The number of carbonyl (C=O) groups is 2. The Kier molecular flexibility index (Phi) is 5.92.